The third-order valence-corrected chi connectivity index (χ3v) is 7.68. The number of aromatic amines is 1. The number of aromatic nitrogens is 1. The van der Waals surface area contributed by atoms with Gasteiger partial charge in [-0.2, -0.15) is 0 Å². The molecule has 0 spiro atoms. The van der Waals surface area contributed by atoms with E-state index in [1.54, 1.807) is 12.1 Å². The van der Waals surface area contributed by atoms with E-state index in [4.69, 9.17) is 32.7 Å². The molecule has 1 aromatic carbocycles. The third kappa shape index (κ3) is 7.35. The van der Waals surface area contributed by atoms with Gasteiger partial charge in [-0.3, -0.25) is 4.79 Å². The van der Waals surface area contributed by atoms with Crippen LogP contribution < -0.4 is 10.6 Å². The molecular formula is C26H35Cl2N3O4. The number of hydrogen-bond donors (Lipinski definition) is 3. The van der Waals surface area contributed by atoms with Gasteiger partial charge in [0.05, 0.1) is 18.2 Å². The zero-order valence-corrected chi connectivity index (χ0v) is 21.6. The van der Waals surface area contributed by atoms with Crippen molar-refractivity contribution in [3.63, 3.8) is 0 Å². The summed E-state index contributed by atoms with van der Waals surface area (Å²) in [6.45, 7) is 4.88. The molecule has 7 nitrogen and oxygen atoms in total. The molecule has 3 N–H and O–H groups in total. The number of aryl methyl sites for hydroxylation is 1. The predicted molar refractivity (Wildman–Crippen MR) is 138 cm³/mol. The quantitative estimate of drug-likeness (QED) is 0.384. The lowest BCUT2D eigenvalue weighted by Crippen LogP contribution is -2.28. The molecule has 0 radical (unpaired) electrons. The van der Waals surface area contributed by atoms with Crippen LogP contribution in [0.3, 0.4) is 0 Å². The number of nitrogens with one attached hydrogen (secondary N) is 3. The molecule has 2 aliphatic heterocycles. The lowest BCUT2D eigenvalue weighted by molar-refractivity contribution is -0.144. The van der Waals surface area contributed by atoms with Gasteiger partial charge in [-0.15, -0.1) is 0 Å². The van der Waals surface area contributed by atoms with Gasteiger partial charge in [-0.1, -0.05) is 23.2 Å². The second kappa shape index (κ2) is 12.9. The van der Waals surface area contributed by atoms with Crippen LogP contribution >= 0.6 is 23.2 Å². The summed E-state index contributed by atoms with van der Waals surface area (Å²) in [5, 5.41) is 8.30. The summed E-state index contributed by atoms with van der Waals surface area (Å²) in [6, 6.07) is 3.38. The van der Waals surface area contributed by atoms with Gasteiger partial charge < -0.3 is 25.1 Å². The Bertz CT molecular complexity index is 1010. The van der Waals surface area contributed by atoms with Gasteiger partial charge in [-0.05, 0) is 101 Å². The number of hydrogen-bond acceptors (Lipinski definition) is 6. The fourth-order valence-corrected chi connectivity index (χ4v) is 5.72. The van der Waals surface area contributed by atoms with Gasteiger partial charge in [0.15, 0.2) is 0 Å². The molecule has 0 bridgehead atoms. The van der Waals surface area contributed by atoms with Crippen LogP contribution in [0.4, 0.5) is 0 Å². The summed E-state index contributed by atoms with van der Waals surface area (Å²) in [5.41, 5.74) is 1.66. The first-order chi connectivity index (χ1) is 17.0. The molecule has 192 valence electrons. The standard InChI is InChI=1S/C26H35Cl2N3O4/c27-19-15-21(28)24-20(1-2-23(32)34-13-7-17-3-9-29-10-4-17)25(31-22(24)16-19)26(33)35-14-8-18-5-11-30-12-6-18/h15-18,29-31H,1-14H2. The van der Waals surface area contributed by atoms with E-state index < -0.39 is 5.97 Å². The van der Waals surface area contributed by atoms with Gasteiger partial charge in [0.1, 0.15) is 5.69 Å². The largest absolute Gasteiger partial charge is 0.466 e. The molecule has 1 aromatic heterocycles. The average Bonchev–Trinajstić information content (AvgIpc) is 3.23. The van der Waals surface area contributed by atoms with E-state index in [0.29, 0.717) is 63.7 Å². The fourth-order valence-electron chi connectivity index (χ4n) is 5.11. The zero-order valence-electron chi connectivity index (χ0n) is 20.1. The Morgan fingerprint density at radius 3 is 2.11 bits per heavy atom. The van der Waals surface area contributed by atoms with Crippen LogP contribution in [-0.2, 0) is 20.7 Å². The number of ether oxygens (including phenoxy) is 2. The van der Waals surface area contributed by atoms with Crippen molar-refractivity contribution < 1.29 is 19.1 Å². The summed E-state index contributed by atoms with van der Waals surface area (Å²) in [6.07, 6.45) is 6.67. The van der Waals surface area contributed by atoms with Crippen molar-refractivity contribution in [3.05, 3.63) is 33.4 Å². The van der Waals surface area contributed by atoms with Crippen LogP contribution in [0.2, 0.25) is 10.0 Å². The number of esters is 2. The summed E-state index contributed by atoms with van der Waals surface area (Å²) in [5.74, 6) is 0.465. The highest BCUT2D eigenvalue weighted by atomic mass is 35.5. The minimum Gasteiger partial charge on any atom is -0.466 e. The van der Waals surface area contributed by atoms with Crippen molar-refractivity contribution in [1.29, 1.82) is 0 Å². The Morgan fingerprint density at radius 1 is 0.886 bits per heavy atom. The topological polar surface area (TPSA) is 92.5 Å². The van der Waals surface area contributed by atoms with E-state index >= 15 is 0 Å². The van der Waals surface area contributed by atoms with Crippen molar-refractivity contribution in [1.82, 2.24) is 15.6 Å². The lowest BCUT2D eigenvalue weighted by Gasteiger charge is -2.22. The van der Waals surface area contributed by atoms with Crippen LogP contribution in [0.5, 0.6) is 0 Å². The molecule has 0 unspecified atom stereocenters. The molecule has 2 aromatic rings. The first-order valence-electron chi connectivity index (χ1n) is 12.7. The predicted octanol–water partition coefficient (Wildman–Crippen LogP) is 4.89. The molecule has 35 heavy (non-hydrogen) atoms. The van der Waals surface area contributed by atoms with Crippen LogP contribution in [0.25, 0.3) is 10.9 Å². The highest BCUT2D eigenvalue weighted by Crippen LogP contribution is 2.34. The highest BCUT2D eigenvalue weighted by Gasteiger charge is 2.23. The van der Waals surface area contributed by atoms with Crippen LogP contribution in [0, 0.1) is 11.8 Å². The fraction of sp³-hybridized carbons (Fsp3) is 0.615. The maximum Gasteiger partial charge on any atom is 0.355 e. The van der Waals surface area contributed by atoms with Crippen LogP contribution in [0.15, 0.2) is 12.1 Å². The Kier molecular flexibility index (Phi) is 9.72. The molecule has 9 heteroatoms. The third-order valence-electron chi connectivity index (χ3n) is 7.17. The second-order valence-corrected chi connectivity index (χ2v) is 10.5. The first-order valence-corrected chi connectivity index (χ1v) is 13.5. The van der Waals surface area contributed by atoms with E-state index in [9.17, 15) is 9.59 Å². The minimum atomic E-state index is -0.434. The number of piperidine rings is 2. The molecule has 2 aliphatic rings. The summed E-state index contributed by atoms with van der Waals surface area (Å²) in [4.78, 5) is 28.6. The monoisotopic (exact) mass is 523 g/mol. The molecule has 4 rings (SSSR count). The van der Waals surface area contributed by atoms with Crippen molar-refractivity contribution in [2.45, 2.75) is 51.4 Å². The normalized spacial score (nSPS) is 17.5. The molecule has 0 aliphatic carbocycles. The van der Waals surface area contributed by atoms with Crippen LogP contribution in [0.1, 0.15) is 61.0 Å². The minimum absolute atomic E-state index is 0.160. The smallest absolute Gasteiger partial charge is 0.355 e. The van der Waals surface area contributed by atoms with E-state index in [1.165, 1.54) is 0 Å². The molecule has 0 saturated carbocycles. The van der Waals surface area contributed by atoms with Gasteiger partial charge in [0.25, 0.3) is 0 Å². The van der Waals surface area contributed by atoms with Gasteiger partial charge in [-0.25, -0.2) is 4.79 Å². The van der Waals surface area contributed by atoms with Crippen molar-refractivity contribution in [3.8, 4) is 0 Å². The number of halogens is 2. The zero-order chi connectivity index (χ0) is 24.6. The number of carbonyl (C=O) groups excluding carboxylic acids is 2. The Balaban J connectivity index is 1.37. The Morgan fingerprint density at radius 2 is 1.49 bits per heavy atom. The molecule has 0 atom stereocenters. The number of H-pyrrole nitrogens is 1. The van der Waals surface area contributed by atoms with E-state index in [-0.39, 0.29) is 12.4 Å². The van der Waals surface area contributed by atoms with Crippen LogP contribution in [-0.4, -0.2) is 56.3 Å². The Labute approximate surface area is 216 Å². The molecular weight excluding hydrogens is 489 g/mol. The number of fused-ring (bicyclic) bond motifs is 1. The van der Waals surface area contributed by atoms with Gasteiger partial charge in [0.2, 0.25) is 0 Å². The van der Waals surface area contributed by atoms with Crippen molar-refractivity contribution in [2.24, 2.45) is 11.8 Å². The van der Waals surface area contributed by atoms with Crippen molar-refractivity contribution >= 4 is 46.0 Å². The Hall–Kier alpha value is -1.80. The van der Waals surface area contributed by atoms with Crippen molar-refractivity contribution in [2.75, 3.05) is 39.4 Å². The van der Waals surface area contributed by atoms with E-state index in [2.05, 4.69) is 15.6 Å². The lowest BCUT2D eigenvalue weighted by atomic mass is 9.95. The second-order valence-electron chi connectivity index (χ2n) is 9.61. The highest BCUT2D eigenvalue weighted by molar-refractivity contribution is 6.39. The van der Waals surface area contributed by atoms with E-state index in [0.717, 1.165) is 64.7 Å². The molecule has 2 fully saturated rings. The number of benzene rings is 1. The summed E-state index contributed by atoms with van der Waals surface area (Å²) >= 11 is 12.7. The molecule has 3 heterocycles. The van der Waals surface area contributed by atoms with E-state index in [1.807, 2.05) is 0 Å². The maximum absolute atomic E-state index is 13.0. The molecule has 0 amide bonds. The van der Waals surface area contributed by atoms with Gasteiger partial charge in [0, 0.05) is 22.3 Å². The average molecular weight is 524 g/mol. The number of carbonyl (C=O) groups is 2. The SMILES string of the molecule is O=C(CCc1c(C(=O)OCCC2CCNCC2)[nH]c2cc(Cl)cc(Cl)c12)OCCC1CCNCC1. The first kappa shape index (κ1) is 26.3. The van der Waals surface area contributed by atoms with Gasteiger partial charge >= 0.3 is 11.9 Å². The number of rotatable bonds is 10. The molecule has 2 saturated heterocycles. The summed E-state index contributed by atoms with van der Waals surface area (Å²) in [7, 11) is 0. The summed E-state index contributed by atoms with van der Waals surface area (Å²) < 4.78 is 11.1. The maximum atomic E-state index is 13.0.